The number of hydrogen-bond acceptors (Lipinski definition) is 8. The molecule has 1 aliphatic rings. The number of carbonyl (C=O) groups is 1. The lowest BCUT2D eigenvalue weighted by Crippen LogP contribution is -2.48. The van der Waals surface area contributed by atoms with Gasteiger partial charge in [-0.05, 0) is 31.5 Å². The normalized spacial score (nSPS) is 19.7. The first-order valence-corrected chi connectivity index (χ1v) is 11.5. The number of amides is 1. The van der Waals surface area contributed by atoms with Crippen molar-refractivity contribution in [1.29, 1.82) is 0 Å². The lowest BCUT2D eigenvalue weighted by molar-refractivity contribution is -0.0587. The Balaban J connectivity index is 1.35. The van der Waals surface area contributed by atoms with Crippen molar-refractivity contribution in [3.8, 4) is 0 Å². The molecule has 1 aliphatic heterocycles. The number of fused-ring (bicyclic) bond motifs is 2. The molecule has 0 spiro atoms. The maximum atomic E-state index is 13.3. The molecule has 0 unspecified atom stereocenters. The van der Waals surface area contributed by atoms with Crippen LogP contribution in [0.4, 0.5) is 0 Å². The molecule has 2 atom stereocenters. The van der Waals surface area contributed by atoms with Gasteiger partial charge in [0, 0.05) is 37.8 Å². The highest BCUT2D eigenvalue weighted by atomic mass is 32.1. The second-order valence-corrected chi connectivity index (χ2v) is 9.02. The smallest absolute Gasteiger partial charge is 0.274 e. The van der Waals surface area contributed by atoms with Gasteiger partial charge in [0.05, 0.1) is 29.6 Å². The molecule has 1 amide bonds. The molecule has 1 saturated heterocycles. The molecule has 8 nitrogen and oxygen atoms in total. The molecule has 156 valence electrons. The van der Waals surface area contributed by atoms with Crippen molar-refractivity contribution >= 4 is 45.0 Å². The molecular weight excluding hydrogens is 420 g/mol. The first-order chi connectivity index (χ1) is 14.6. The summed E-state index contributed by atoms with van der Waals surface area (Å²) in [5.74, 6) is -0.0281. The molecule has 0 saturated carbocycles. The summed E-state index contributed by atoms with van der Waals surface area (Å²) in [4.78, 5) is 20.6. The summed E-state index contributed by atoms with van der Waals surface area (Å²) in [7, 11) is 0. The van der Waals surface area contributed by atoms with Gasteiger partial charge in [0.25, 0.3) is 5.91 Å². The van der Waals surface area contributed by atoms with Gasteiger partial charge in [-0.25, -0.2) is 4.98 Å². The van der Waals surface area contributed by atoms with Crippen molar-refractivity contribution < 1.29 is 9.53 Å². The van der Waals surface area contributed by atoms with E-state index in [-0.39, 0.29) is 18.1 Å². The number of thiazole rings is 1. The van der Waals surface area contributed by atoms with Crippen LogP contribution in [-0.4, -0.2) is 54.2 Å². The van der Waals surface area contributed by atoms with Crippen molar-refractivity contribution in [3.63, 3.8) is 0 Å². The number of morpholine rings is 1. The summed E-state index contributed by atoms with van der Waals surface area (Å²) >= 11 is 2.76. The third-order valence-corrected chi connectivity index (χ3v) is 6.52. The Morgan fingerprint density at radius 3 is 2.83 bits per heavy atom. The van der Waals surface area contributed by atoms with E-state index < -0.39 is 0 Å². The third kappa shape index (κ3) is 3.71. The minimum atomic E-state index is -0.0281. The van der Waals surface area contributed by atoms with Crippen molar-refractivity contribution in [1.82, 2.24) is 28.3 Å². The minimum Gasteiger partial charge on any atom is -0.372 e. The number of hydrogen-bond donors (Lipinski definition) is 1. The van der Waals surface area contributed by atoms with E-state index in [0.717, 1.165) is 27.3 Å². The molecule has 1 N–H and O–H groups in total. The standard InChI is InChI=1S/C20H22N6O2S2/c1-12-10-25(11-13(2)28-12)19(27)18-17(26-5-6-29-20(26)22-18)9-21-8-14-3-4-15-16(7-14)24-30-23-15/h3-7,12-13,21H,8-11H2,1-2H3/t12-,13+. The van der Waals surface area contributed by atoms with E-state index in [2.05, 4.69) is 25.1 Å². The summed E-state index contributed by atoms with van der Waals surface area (Å²) in [6, 6.07) is 6.09. The van der Waals surface area contributed by atoms with Gasteiger partial charge >= 0.3 is 0 Å². The molecule has 0 bridgehead atoms. The first-order valence-electron chi connectivity index (χ1n) is 9.89. The first kappa shape index (κ1) is 19.6. The van der Waals surface area contributed by atoms with Crippen LogP contribution < -0.4 is 5.32 Å². The van der Waals surface area contributed by atoms with Crippen LogP contribution in [0.2, 0.25) is 0 Å². The molecule has 1 fully saturated rings. The summed E-state index contributed by atoms with van der Waals surface area (Å²) in [6.07, 6.45) is 2.02. The van der Waals surface area contributed by atoms with Gasteiger partial charge in [0.15, 0.2) is 10.7 Å². The SMILES string of the molecule is C[C@@H]1CN(C(=O)c2nc3sccn3c2CNCc2ccc3nsnc3c2)C[C@H](C)O1. The van der Waals surface area contributed by atoms with Crippen LogP contribution in [0, 0.1) is 0 Å². The summed E-state index contributed by atoms with van der Waals surface area (Å²) in [5, 5.41) is 5.45. The van der Waals surface area contributed by atoms with Crippen molar-refractivity contribution in [2.75, 3.05) is 13.1 Å². The van der Waals surface area contributed by atoms with E-state index in [4.69, 9.17) is 4.74 Å². The zero-order valence-corrected chi connectivity index (χ0v) is 18.4. The maximum Gasteiger partial charge on any atom is 0.274 e. The van der Waals surface area contributed by atoms with Gasteiger partial charge in [-0.3, -0.25) is 9.20 Å². The quantitative estimate of drug-likeness (QED) is 0.512. The van der Waals surface area contributed by atoms with Gasteiger partial charge in [0.1, 0.15) is 11.0 Å². The van der Waals surface area contributed by atoms with Gasteiger partial charge in [-0.2, -0.15) is 8.75 Å². The number of aromatic nitrogens is 4. The average molecular weight is 443 g/mol. The van der Waals surface area contributed by atoms with E-state index in [9.17, 15) is 4.79 Å². The summed E-state index contributed by atoms with van der Waals surface area (Å²) < 4.78 is 16.3. The molecule has 3 aromatic heterocycles. The fraction of sp³-hybridized carbons (Fsp3) is 0.400. The number of nitrogens with one attached hydrogen (secondary N) is 1. The lowest BCUT2D eigenvalue weighted by atomic mass is 10.2. The van der Waals surface area contributed by atoms with E-state index in [0.29, 0.717) is 31.9 Å². The number of rotatable bonds is 5. The predicted molar refractivity (Wildman–Crippen MR) is 117 cm³/mol. The van der Waals surface area contributed by atoms with E-state index in [1.54, 1.807) is 0 Å². The summed E-state index contributed by atoms with van der Waals surface area (Å²) in [6.45, 7) is 6.38. The monoisotopic (exact) mass is 442 g/mol. The second-order valence-electron chi connectivity index (χ2n) is 7.62. The molecule has 5 rings (SSSR count). The Morgan fingerprint density at radius 1 is 1.20 bits per heavy atom. The van der Waals surface area contributed by atoms with Crippen LogP contribution in [0.15, 0.2) is 29.8 Å². The molecular formula is C20H22N6O2S2. The Morgan fingerprint density at radius 2 is 2.00 bits per heavy atom. The third-order valence-electron chi connectivity index (χ3n) is 5.21. The molecule has 0 aliphatic carbocycles. The number of carbonyl (C=O) groups excluding carboxylic acids is 1. The van der Waals surface area contributed by atoms with Gasteiger partial charge < -0.3 is 15.0 Å². The fourth-order valence-corrected chi connectivity index (χ4v) is 5.18. The highest BCUT2D eigenvalue weighted by Crippen LogP contribution is 2.21. The highest BCUT2D eigenvalue weighted by Gasteiger charge is 2.30. The van der Waals surface area contributed by atoms with E-state index in [1.807, 2.05) is 46.9 Å². The molecule has 4 heterocycles. The van der Waals surface area contributed by atoms with Crippen molar-refractivity contribution in [2.45, 2.75) is 39.1 Å². The van der Waals surface area contributed by atoms with Crippen molar-refractivity contribution in [2.24, 2.45) is 0 Å². The van der Waals surface area contributed by atoms with Crippen LogP contribution in [0.1, 0.15) is 35.6 Å². The van der Waals surface area contributed by atoms with Gasteiger partial charge in [-0.15, -0.1) is 11.3 Å². The number of ether oxygens (including phenoxy) is 1. The van der Waals surface area contributed by atoms with Crippen LogP contribution >= 0.6 is 23.1 Å². The number of nitrogens with zero attached hydrogens (tertiary/aromatic N) is 5. The number of imidazole rings is 1. The zero-order chi connectivity index (χ0) is 20.7. The van der Waals surface area contributed by atoms with Crippen LogP contribution in [0.5, 0.6) is 0 Å². The Hall–Kier alpha value is -2.40. The second kappa shape index (κ2) is 8.03. The molecule has 4 aromatic rings. The fourth-order valence-electron chi connectivity index (χ4n) is 3.93. The largest absolute Gasteiger partial charge is 0.372 e. The summed E-state index contributed by atoms with van der Waals surface area (Å²) in [5.41, 5.74) is 4.37. The Labute approximate surface area is 181 Å². The number of benzene rings is 1. The Kier molecular flexibility index (Phi) is 5.23. The maximum absolute atomic E-state index is 13.3. The van der Waals surface area contributed by atoms with Crippen molar-refractivity contribution in [3.05, 3.63) is 46.7 Å². The van der Waals surface area contributed by atoms with E-state index >= 15 is 0 Å². The average Bonchev–Trinajstić information content (AvgIpc) is 3.43. The van der Waals surface area contributed by atoms with Crippen LogP contribution in [0.25, 0.3) is 16.0 Å². The lowest BCUT2D eigenvalue weighted by Gasteiger charge is -2.35. The van der Waals surface area contributed by atoms with Gasteiger partial charge in [0.2, 0.25) is 0 Å². The molecule has 10 heteroatoms. The van der Waals surface area contributed by atoms with E-state index in [1.165, 1.54) is 23.1 Å². The van der Waals surface area contributed by atoms with Crippen LogP contribution in [0.3, 0.4) is 0 Å². The van der Waals surface area contributed by atoms with Gasteiger partial charge in [-0.1, -0.05) is 6.07 Å². The Bertz CT molecular complexity index is 1190. The van der Waals surface area contributed by atoms with Crippen LogP contribution in [-0.2, 0) is 17.8 Å². The highest BCUT2D eigenvalue weighted by molar-refractivity contribution is 7.15. The molecule has 0 radical (unpaired) electrons. The molecule has 1 aromatic carbocycles. The topological polar surface area (TPSA) is 84.7 Å². The minimum absolute atomic E-state index is 0.0260. The predicted octanol–water partition coefficient (Wildman–Crippen LogP) is 2.94. The molecule has 30 heavy (non-hydrogen) atoms. The zero-order valence-electron chi connectivity index (χ0n) is 16.7.